The molecule has 0 radical (unpaired) electrons. The minimum absolute atomic E-state index is 0.0224. The standard InChI is InChI=1S/C19H20N2O5S2/c22-10-7-21-16(19(23)15-3-1-2-4-17(15)28(21,24)25)13-14-5-6-18(27-14)20-8-11-26-12-9-20/h1-6,13,22H,7-12H2/b16-13+. The van der Waals surface area contributed by atoms with Gasteiger partial charge in [-0.15, -0.1) is 11.3 Å². The molecular weight excluding hydrogens is 400 g/mol. The van der Waals surface area contributed by atoms with Crippen LogP contribution in [0.3, 0.4) is 0 Å². The van der Waals surface area contributed by atoms with Gasteiger partial charge in [0.2, 0.25) is 5.78 Å². The monoisotopic (exact) mass is 420 g/mol. The number of rotatable bonds is 4. The van der Waals surface area contributed by atoms with E-state index in [9.17, 15) is 18.3 Å². The average Bonchev–Trinajstić information content (AvgIpc) is 3.18. The van der Waals surface area contributed by atoms with Crippen LogP contribution in [0.15, 0.2) is 47.0 Å². The minimum atomic E-state index is -3.90. The number of benzene rings is 1. The molecule has 9 heteroatoms. The third-order valence-corrected chi connectivity index (χ3v) is 7.68. The maximum absolute atomic E-state index is 13.0. The Morgan fingerprint density at radius 1 is 1.14 bits per heavy atom. The first-order chi connectivity index (χ1) is 13.5. The lowest BCUT2D eigenvalue weighted by Crippen LogP contribution is -2.40. The van der Waals surface area contributed by atoms with Gasteiger partial charge in [-0.25, -0.2) is 8.42 Å². The number of ether oxygens (including phenoxy) is 1. The van der Waals surface area contributed by atoms with Crippen LogP contribution in [0.5, 0.6) is 0 Å². The number of hydrogen-bond acceptors (Lipinski definition) is 7. The van der Waals surface area contributed by atoms with Crippen LogP contribution in [-0.2, 0) is 14.8 Å². The Labute approximate surface area is 167 Å². The van der Waals surface area contributed by atoms with Gasteiger partial charge in [0.15, 0.2) is 0 Å². The summed E-state index contributed by atoms with van der Waals surface area (Å²) >= 11 is 1.49. The number of ketones is 1. The van der Waals surface area contributed by atoms with Crippen LogP contribution in [0, 0.1) is 0 Å². The molecule has 2 aliphatic heterocycles. The van der Waals surface area contributed by atoms with Crippen LogP contribution >= 0.6 is 11.3 Å². The Morgan fingerprint density at radius 2 is 1.89 bits per heavy atom. The molecule has 0 aliphatic carbocycles. The predicted octanol–water partition coefficient (Wildman–Crippen LogP) is 1.81. The third-order valence-electron chi connectivity index (χ3n) is 4.72. The van der Waals surface area contributed by atoms with E-state index in [-0.39, 0.29) is 35.1 Å². The van der Waals surface area contributed by atoms with Crippen molar-refractivity contribution in [2.24, 2.45) is 0 Å². The number of Topliss-reactive ketones (excluding diaryl/α,β-unsaturated/α-hetero) is 1. The third kappa shape index (κ3) is 3.35. The molecule has 1 N–H and O–H groups in total. The number of morpholine rings is 1. The Hall–Kier alpha value is -2.20. The smallest absolute Gasteiger partial charge is 0.265 e. The van der Waals surface area contributed by atoms with Crippen LogP contribution in [0.1, 0.15) is 15.2 Å². The van der Waals surface area contributed by atoms with Gasteiger partial charge in [-0.1, -0.05) is 12.1 Å². The lowest BCUT2D eigenvalue weighted by atomic mass is 10.1. The summed E-state index contributed by atoms with van der Waals surface area (Å²) in [5, 5.41) is 10.4. The van der Waals surface area contributed by atoms with E-state index >= 15 is 0 Å². The highest BCUT2D eigenvalue weighted by molar-refractivity contribution is 7.89. The normalized spacial score (nSPS) is 20.5. The average molecular weight is 421 g/mol. The summed E-state index contributed by atoms with van der Waals surface area (Å²) in [7, 11) is -3.90. The summed E-state index contributed by atoms with van der Waals surface area (Å²) in [5.74, 6) is -0.361. The maximum Gasteiger partial charge on any atom is 0.265 e. The number of nitrogens with zero attached hydrogens (tertiary/aromatic N) is 2. The Morgan fingerprint density at radius 3 is 2.64 bits per heavy atom. The molecule has 1 aromatic heterocycles. The molecule has 0 atom stereocenters. The van der Waals surface area contributed by atoms with E-state index < -0.39 is 10.0 Å². The fourth-order valence-electron chi connectivity index (χ4n) is 3.36. The topological polar surface area (TPSA) is 87.2 Å². The summed E-state index contributed by atoms with van der Waals surface area (Å²) in [6, 6.07) is 10.0. The molecule has 2 aromatic rings. The quantitative estimate of drug-likeness (QED) is 0.759. The number of aliphatic hydroxyl groups excluding tert-OH is 1. The van der Waals surface area contributed by atoms with Gasteiger partial charge in [0.05, 0.1) is 36.3 Å². The van der Waals surface area contributed by atoms with E-state index in [1.165, 1.54) is 23.5 Å². The molecule has 7 nitrogen and oxygen atoms in total. The van der Waals surface area contributed by atoms with E-state index in [1.807, 2.05) is 12.1 Å². The largest absolute Gasteiger partial charge is 0.394 e. The highest BCUT2D eigenvalue weighted by atomic mass is 32.2. The SMILES string of the molecule is O=C1/C(=C\c2ccc(N3CCOCC3)s2)N(CCO)S(=O)(=O)c2ccccc21. The molecule has 0 saturated carbocycles. The minimum Gasteiger partial charge on any atom is -0.394 e. The second kappa shape index (κ2) is 7.67. The van der Waals surface area contributed by atoms with E-state index in [1.54, 1.807) is 18.2 Å². The molecule has 0 spiro atoms. The highest BCUT2D eigenvalue weighted by Crippen LogP contribution is 2.35. The van der Waals surface area contributed by atoms with Crippen molar-refractivity contribution >= 4 is 38.2 Å². The number of aliphatic hydroxyl groups is 1. The summed E-state index contributed by atoms with van der Waals surface area (Å²) in [6.45, 7) is 2.39. The fraction of sp³-hybridized carbons (Fsp3) is 0.316. The van der Waals surface area contributed by atoms with Gasteiger partial charge in [0, 0.05) is 23.5 Å². The van der Waals surface area contributed by atoms with Crippen molar-refractivity contribution in [3.05, 3.63) is 52.5 Å². The fourth-order valence-corrected chi connectivity index (χ4v) is 5.99. The number of thiophene rings is 1. The Bertz CT molecular complexity index is 1020. The number of hydrogen-bond donors (Lipinski definition) is 1. The summed E-state index contributed by atoms with van der Waals surface area (Å²) in [5.41, 5.74) is 0.219. The van der Waals surface area contributed by atoms with Gasteiger partial charge in [-0.2, -0.15) is 0 Å². The van der Waals surface area contributed by atoms with Crippen molar-refractivity contribution in [2.45, 2.75) is 4.90 Å². The first kappa shape index (κ1) is 19.1. The first-order valence-electron chi connectivity index (χ1n) is 8.94. The molecule has 2 aliphatic rings. The van der Waals surface area contributed by atoms with E-state index in [0.717, 1.165) is 27.3 Å². The number of allylic oxidation sites excluding steroid dienone is 1. The summed E-state index contributed by atoms with van der Waals surface area (Å²) < 4.78 is 32.4. The van der Waals surface area contributed by atoms with Gasteiger partial charge >= 0.3 is 0 Å². The highest BCUT2D eigenvalue weighted by Gasteiger charge is 2.38. The summed E-state index contributed by atoms with van der Waals surface area (Å²) in [6.07, 6.45) is 1.60. The second-order valence-electron chi connectivity index (χ2n) is 6.43. The molecule has 3 heterocycles. The molecule has 1 saturated heterocycles. The van der Waals surface area contributed by atoms with Gasteiger partial charge in [0.25, 0.3) is 10.0 Å². The zero-order valence-electron chi connectivity index (χ0n) is 15.1. The van der Waals surface area contributed by atoms with Gasteiger partial charge < -0.3 is 14.7 Å². The van der Waals surface area contributed by atoms with Crippen molar-refractivity contribution in [3.63, 3.8) is 0 Å². The number of fused-ring (bicyclic) bond motifs is 1. The molecule has 0 bridgehead atoms. The molecule has 1 aromatic carbocycles. The zero-order chi connectivity index (χ0) is 19.7. The van der Waals surface area contributed by atoms with Crippen molar-refractivity contribution in [1.82, 2.24) is 4.31 Å². The van der Waals surface area contributed by atoms with Crippen LogP contribution in [-0.4, -0.2) is 63.1 Å². The van der Waals surface area contributed by atoms with Crippen LogP contribution in [0.25, 0.3) is 6.08 Å². The predicted molar refractivity (Wildman–Crippen MR) is 107 cm³/mol. The van der Waals surface area contributed by atoms with Crippen molar-refractivity contribution in [2.75, 3.05) is 44.4 Å². The van der Waals surface area contributed by atoms with E-state index in [2.05, 4.69) is 4.90 Å². The van der Waals surface area contributed by atoms with Gasteiger partial charge in [-0.05, 0) is 30.3 Å². The maximum atomic E-state index is 13.0. The first-order valence-corrected chi connectivity index (χ1v) is 11.2. The van der Waals surface area contributed by atoms with Gasteiger partial charge in [0.1, 0.15) is 5.70 Å². The number of carbonyl (C=O) groups is 1. The number of anilines is 1. The van der Waals surface area contributed by atoms with Crippen molar-refractivity contribution in [1.29, 1.82) is 0 Å². The molecule has 0 unspecified atom stereocenters. The molecule has 0 amide bonds. The van der Waals surface area contributed by atoms with Crippen LogP contribution in [0.2, 0.25) is 0 Å². The number of carbonyl (C=O) groups excluding carboxylic acids is 1. The number of β-amino-alcohol motifs (C(OH)–C–C–N with tert-alkyl or cyclic N) is 1. The Kier molecular flexibility index (Phi) is 5.24. The Balaban J connectivity index is 1.75. The van der Waals surface area contributed by atoms with Crippen molar-refractivity contribution < 1.29 is 23.1 Å². The van der Waals surface area contributed by atoms with E-state index in [4.69, 9.17) is 4.74 Å². The molecule has 1 fully saturated rings. The molecular formula is C19H20N2O5S2. The van der Waals surface area contributed by atoms with Gasteiger partial charge in [-0.3, -0.25) is 9.10 Å². The molecule has 28 heavy (non-hydrogen) atoms. The summed E-state index contributed by atoms with van der Waals surface area (Å²) in [4.78, 5) is 16.0. The van der Waals surface area contributed by atoms with Crippen LogP contribution < -0.4 is 4.90 Å². The lowest BCUT2D eigenvalue weighted by molar-refractivity contribution is 0.0998. The second-order valence-corrected chi connectivity index (χ2v) is 9.36. The van der Waals surface area contributed by atoms with E-state index in [0.29, 0.717) is 13.2 Å². The molecule has 148 valence electrons. The molecule has 4 rings (SSSR count). The zero-order valence-corrected chi connectivity index (χ0v) is 16.7. The van der Waals surface area contributed by atoms with Crippen LogP contribution in [0.4, 0.5) is 5.00 Å². The lowest BCUT2D eigenvalue weighted by Gasteiger charge is -2.30. The van der Waals surface area contributed by atoms with Crippen molar-refractivity contribution in [3.8, 4) is 0 Å². The number of sulfonamides is 1.